The van der Waals surface area contributed by atoms with Crippen molar-refractivity contribution < 1.29 is 9.15 Å². The third-order valence-electron chi connectivity index (χ3n) is 5.21. The molecule has 0 spiro atoms. The molecule has 0 aliphatic rings. The number of hydrogen-bond donors (Lipinski definition) is 0. The molecule has 2 aromatic carbocycles. The molecule has 0 radical (unpaired) electrons. The Bertz CT molecular complexity index is 1330. The zero-order valence-electron chi connectivity index (χ0n) is 17.8. The lowest BCUT2D eigenvalue weighted by atomic mass is 10.2. The van der Waals surface area contributed by atoms with E-state index in [4.69, 9.17) is 14.1 Å². The first kappa shape index (κ1) is 20.3. The Hall–Kier alpha value is -3.58. The zero-order chi connectivity index (χ0) is 21.8. The predicted molar refractivity (Wildman–Crippen MR) is 127 cm³/mol. The van der Waals surface area contributed by atoms with Gasteiger partial charge in [-0.3, -0.25) is 0 Å². The number of hydrogen-bond acceptors (Lipinski definition) is 5. The van der Waals surface area contributed by atoms with E-state index in [0.29, 0.717) is 6.61 Å². The number of ether oxygens (including phenoxy) is 1. The Morgan fingerprint density at radius 2 is 1.97 bits per heavy atom. The van der Waals surface area contributed by atoms with Crippen LogP contribution < -0.4 is 9.54 Å². The number of thiazole rings is 1. The summed E-state index contributed by atoms with van der Waals surface area (Å²) in [7, 11) is 0. The zero-order valence-corrected chi connectivity index (χ0v) is 18.7. The van der Waals surface area contributed by atoms with Crippen molar-refractivity contribution in [3.05, 3.63) is 83.5 Å². The van der Waals surface area contributed by atoms with Crippen molar-refractivity contribution in [3.8, 4) is 17.2 Å². The molecule has 0 N–H and O–H groups in total. The van der Waals surface area contributed by atoms with E-state index in [9.17, 15) is 0 Å². The van der Waals surface area contributed by atoms with Crippen LogP contribution in [0.25, 0.3) is 22.4 Å². The second-order valence-electron chi connectivity index (χ2n) is 7.40. The summed E-state index contributed by atoms with van der Waals surface area (Å²) in [5.41, 5.74) is 2.83. The van der Waals surface area contributed by atoms with Gasteiger partial charge in [-0.2, -0.15) is 0 Å². The van der Waals surface area contributed by atoms with Crippen LogP contribution in [0.2, 0.25) is 0 Å². The molecule has 0 bridgehead atoms. The molecular formula is C25H24N4O2S. The largest absolute Gasteiger partial charge is 0.494 e. The van der Waals surface area contributed by atoms with Gasteiger partial charge in [0.05, 0.1) is 24.3 Å². The number of aromatic nitrogens is 3. The molecule has 3 aromatic heterocycles. The third kappa shape index (κ3) is 4.38. The first-order chi connectivity index (χ1) is 15.8. The number of para-hydroxylation sites is 1. The van der Waals surface area contributed by atoms with Crippen molar-refractivity contribution in [3.63, 3.8) is 0 Å². The molecule has 5 aromatic rings. The predicted octanol–water partition coefficient (Wildman–Crippen LogP) is 5.88. The quantitative estimate of drug-likeness (QED) is 0.300. The first-order valence-electron chi connectivity index (χ1n) is 10.7. The van der Waals surface area contributed by atoms with Gasteiger partial charge in [-0.05, 0) is 49.7 Å². The normalized spacial score (nSPS) is 12.0. The summed E-state index contributed by atoms with van der Waals surface area (Å²) in [6.07, 6.45) is 6.61. The average Bonchev–Trinajstić information content (AvgIpc) is 3.55. The van der Waals surface area contributed by atoms with Crippen LogP contribution in [0, 0.1) is 0 Å². The molecule has 162 valence electrons. The van der Waals surface area contributed by atoms with Crippen LogP contribution in [0.3, 0.4) is 0 Å². The van der Waals surface area contributed by atoms with E-state index in [1.165, 1.54) is 0 Å². The lowest BCUT2D eigenvalue weighted by molar-refractivity contribution is 0.340. The molecule has 3 heterocycles. The van der Waals surface area contributed by atoms with Gasteiger partial charge in [0.2, 0.25) is 0 Å². The molecule has 0 amide bonds. The molecule has 0 unspecified atom stereocenters. The summed E-state index contributed by atoms with van der Waals surface area (Å²) in [4.78, 5) is 10.00. The van der Waals surface area contributed by atoms with E-state index >= 15 is 0 Å². The third-order valence-corrected chi connectivity index (χ3v) is 6.07. The van der Waals surface area contributed by atoms with Gasteiger partial charge in [-0.15, -0.1) is 11.3 Å². The molecule has 0 saturated carbocycles. The Labute approximate surface area is 190 Å². The van der Waals surface area contributed by atoms with Crippen LogP contribution in [0.15, 0.2) is 88.1 Å². The molecule has 6 nitrogen and oxygen atoms in total. The minimum absolute atomic E-state index is 0.652. The van der Waals surface area contributed by atoms with Crippen LogP contribution in [-0.2, 0) is 13.1 Å². The summed E-state index contributed by atoms with van der Waals surface area (Å²) in [6.45, 7) is 4.35. The summed E-state index contributed by atoms with van der Waals surface area (Å²) in [6, 6.07) is 18.1. The highest BCUT2D eigenvalue weighted by Gasteiger charge is 2.13. The van der Waals surface area contributed by atoms with Gasteiger partial charge in [0.25, 0.3) is 0 Å². The van der Waals surface area contributed by atoms with E-state index < -0.39 is 0 Å². The summed E-state index contributed by atoms with van der Waals surface area (Å²) < 4.78 is 16.1. The van der Waals surface area contributed by atoms with Crippen molar-refractivity contribution >= 4 is 28.0 Å². The minimum Gasteiger partial charge on any atom is -0.494 e. The van der Waals surface area contributed by atoms with E-state index in [2.05, 4.69) is 31.6 Å². The van der Waals surface area contributed by atoms with E-state index in [-0.39, 0.29) is 0 Å². The van der Waals surface area contributed by atoms with Gasteiger partial charge in [-0.25, -0.2) is 9.98 Å². The van der Waals surface area contributed by atoms with Crippen molar-refractivity contribution in [1.29, 1.82) is 0 Å². The molecule has 7 heteroatoms. The standard InChI is InChI=1S/C25H24N4O2S/c1-2-30-21-10-8-20(9-11-21)27-25-29(14-5-13-28-15-12-26-18-28)22(17-32-25)24-16-19-6-3-4-7-23(19)31-24/h3-4,6-12,15-18H,2,5,13-14H2,1H3. The molecule has 0 fully saturated rings. The van der Waals surface area contributed by atoms with Crippen molar-refractivity contribution in [2.45, 2.75) is 26.4 Å². The fourth-order valence-electron chi connectivity index (χ4n) is 3.67. The highest BCUT2D eigenvalue weighted by Crippen LogP contribution is 2.28. The van der Waals surface area contributed by atoms with E-state index in [1.807, 2.05) is 68.1 Å². The number of furan rings is 1. The van der Waals surface area contributed by atoms with Crippen LogP contribution in [0.5, 0.6) is 5.75 Å². The van der Waals surface area contributed by atoms with E-state index in [1.54, 1.807) is 11.3 Å². The van der Waals surface area contributed by atoms with Gasteiger partial charge >= 0.3 is 0 Å². The highest BCUT2D eigenvalue weighted by atomic mass is 32.1. The summed E-state index contributed by atoms with van der Waals surface area (Å²) in [5, 5.41) is 3.23. The van der Waals surface area contributed by atoms with Gasteiger partial charge in [0.15, 0.2) is 10.6 Å². The number of rotatable bonds is 8. The number of imidazole rings is 1. The van der Waals surface area contributed by atoms with Crippen molar-refractivity contribution in [2.75, 3.05) is 6.61 Å². The van der Waals surface area contributed by atoms with Crippen molar-refractivity contribution in [1.82, 2.24) is 14.1 Å². The molecule has 32 heavy (non-hydrogen) atoms. The number of aryl methyl sites for hydroxylation is 1. The molecule has 0 saturated heterocycles. The topological polar surface area (TPSA) is 57.5 Å². The number of fused-ring (bicyclic) bond motifs is 1. The van der Waals surface area contributed by atoms with Crippen LogP contribution in [0.1, 0.15) is 13.3 Å². The molecule has 0 atom stereocenters. The Balaban J connectivity index is 1.50. The van der Waals surface area contributed by atoms with E-state index in [0.717, 1.165) is 58.2 Å². The molecule has 0 aliphatic carbocycles. The average molecular weight is 445 g/mol. The monoisotopic (exact) mass is 444 g/mol. The Morgan fingerprint density at radius 3 is 2.75 bits per heavy atom. The Morgan fingerprint density at radius 1 is 1.09 bits per heavy atom. The Kier molecular flexibility index (Phi) is 5.89. The number of nitrogens with zero attached hydrogens (tertiary/aromatic N) is 4. The summed E-state index contributed by atoms with van der Waals surface area (Å²) in [5.74, 6) is 1.71. The van der Waals surface area contributed by atoms with Gasteiger partial charge < -0.3 is 18.3 Å². The van der Waals surface area contributed by atoms with Gasteiger partial charge in [0.1, 0.15) is 11.3 Å². The smallest absolute Gasteiger partial charge is 0.190 e. The van der Waals surface area contributed by atoms with Crippen molar-refractivity contribution in [2.24, 2.45) is 4.99 Å². The molecule has 5 rings (SSSR count). The molecular weight excluding hydrogens is 420 g/mol. The van der Waals surface area contributed by atoms with Gasteiger partial charge in [0, 0.05) is 36.2 Å². The minimum atomic E-state index is 0.652. The fourth-order valence-corrected chi connectivity index (χ4v) is 4.60. The lowest BCUT2D eigenvalue weighted by Gasteiger charge is -2.08. The highest BCUT2D eigenvalue weighted by molar-refractivity contribution is 7.07. The van der Waals surface area contributed by atoms with Crippen LogP contribution in [0.4, 0.5) is 5.69 Å². The fraction of sp³-hybridized carbons (Fsp3) is 0.200. The maximum atomic E-state index is 6.17. The van der Waals surface area contributed by atoms with Crippen LogP contribution >= 0.6 is 11.3 Å². The van der Waals surface area contributed by atoms with Gasteiger partial charge in [-0.1, -0.05) is 18.2 Å². The summed E-state index contributed by atoms with van der Waals surface area (Å²) >= 11 is 1.62. The maximum absolute atomic E-state index is 6.17. The second-order valence-corrected chi connectivity index (χ2v) is 8.23. The second kappa shape index (κ2) is 9.28. The number of benzene rings is 2. The SMILES string of the molecule is CCOc1ccc(N=c2scc(-c3cc4ccccc4o3)n2CCCn2ccnc2)cc1. The first-order valence-corrected chi connectivity index (χ1v) is 11.6. The van der Waals surface area contributed by atoms with Crippen LogP contribution in [-0.4, -0.2) is 20.7 Å². The maximum Gasteiger partial charge on any atom is 0.190 e. The lowest BCUT2D eigenvalue weighted by Crippen LogP contribution is -2.17. The molecule has 0 aliphatic heterocycles.